The quantitative estimate of drug-likeness (QED) is 0.844. The Hall–Kier alpha value is -1.82. The Morgan fingerprint density at radius 1 is 1.36 bits per heavy atom. The van der Waals surface area contributed by atoms with Gasteiger partial charge in [0.25, 0.3) is 5.91 Å². The van der Waals surface area contributed by atoms with E-state index in [2.05, 4.69) is 10.5 Å². The third-order valence-corrected chi connectivity index (χ3v) is 5.24. The van der Waals surface area contributed by atoms with E-state index in [0.29, 0.717) is 11.3 Å². The summed E-state index contributed by atoms with van der Waals surface area (Å²) in [6.45, 7) is 1.99. The predicted octanol–water partition coefficient (Wildman–Crippen LogP) is 3.75. The Bertz CT molecular complexity index is 654. The first-order valence-electron chi connectivity index (χ1n) is 7.77. The summed E-state index contributed by atoms with van der Waals surface area (Å²) >= 11 is 1.54. The molecule has 0 radical (unpaired) electrons. The Morgan fingerprint density at radius 2 is 2.09 bits per heavy atom. The van der Waals surface area contributed by atoms with Gasteiger partial charge in [-0.3, -0.25) is 4.79 Å². The monoisotopic (exact) mass is 319 g/mol. The number of nitrogens with zero attached hydrogens (tertiary/aromatic N) is 1. The molecule has 118 valence electrons. The summed E-state index contributed by atoms with van der Waals surface area (Å²) in [7, 11) is 0. The third kappa shape index (κ3) is 3.02. The lowest BCUT2D eigenvalue weighted by molar-refractivity contribution is 0.0934. The van der Waals surface area contributed by atoms with Crippen molar-refractivity contribution in [3.8, 4) is 10.6 Å². The van der Waals surface area contributed by atoms with E-state index < -0.39 is 0 Å². The van der Waals surface area contributed by atoms with E-state index >= 15 is 0 Å². The van der Waals surface area contributed by atoms with Crippen molar-refractivity contribution in [3.63, 3.8) is 0 Å². The van der Waals surface area contributed by atoms with E-state index in [1.807, 2.05) is 18.4 Å². The molecule has 3 N–H and O–H groups in total. The number of nitrogens with one attached hydrogen (secondary N) is 1. The van der Waals surface area contributed by atoms with Crippen LogP contribution in [0.1, 0.15) is 54.4 Å². The van der Waals surface area contributed by atoms with E-state index in [1.165, 1.54) is 37.0 Å². The van der Waals surface area contributed by atoms with E-state index in [0.717, 1.165) is 23.3 Å². The molecule has 0 bridgehead atoms. The van der Waals surface area contributed by atoms with Crippen LogP contribution >= 0.6 is 11.3 Å². The zero-order valence-electron chi connectivity index (χ0n) is 12.7. The summed E-state index contributed by atoms with van der Waals surface area (Å²) in [5.41, 5.74) is 7.84. The van der Waals surface area contributed by atoms with E-state index in [9.17, 15) is 4.79 Å². The largest absolute Gasteiger partial charge is 0.367 e. The highest BCUT2D eigenvalue weighted by Crippen LogP contribution is 2.33. The van der Waals surface area contributed by atoms with Gasteiger partial charge in [0.2, 0.25) is 5.88 Å². The fourth-order valence-electron chi connectivity index (χ4n) is 2.97. The molecule has 1 saturated carbocycles. The second-order valence-corrected chi connectivity index (χ2v) is 6.78. The van der Waals surface area contributed by atoms with E-state index in [1.54, 1.807) is 0 Å². The molecule has 1 aliphatic rings. The minimum atomic E-state index is -0.173. The molecule has 3 rings (SSSR count). The van der Waals surface area contributed by atoms with Crippen molar-refractivity contribution < 1.29 is 9.32 Å². The van der Waals surface area contributed by atoms with Crippen LogP contribution in [0.5, 0.6) is 0 Å². The van der Waals surface area contributed by atoms with E-state index in [4.69, 9.17) is 10.3 Å². The molecule has 2 aromatic heterocycles. The van der Waals surface area contributed by atoms with Crippen molar-refractivity contribution in [2.24, 2.45) is 0 Å². The maximum Gasteiger partial charge on any atom is 0.259 e. The number of hydrogen-bond donors (Lipinski definition) is 2. The van der Waals surface area contributed by atoms with Crippen LogP contribution in [0.4, 0.5) is 5.88 Å². The number of thiophene rings is 1. The van der Waals surface area contributed by atoms with Gasteiger partial charge in [-0.15, -0.1) is 11.3 Å². The van der Waals surface area contributed by atoms with Crippen LogP contribution < -0.4 is 11.1 Å². The zero-order chi connectivity index (χ0) is 15.5. The topological polar surface area (TPSA) is 81.2 Å². The van der Waals surface area contributed by atoms with Crippen LogP contribution in [-0.2, 0) is 0 Å². The fraction of sp³-hybridized carbons (Fsp3) is 0.500. The SMILES string of the molecule is Cc1ccsc1-c1noc(N)c1C(=O)NC1CCCCCC1. The van der Waals surface area contributed by atoms with Crippen molar-refractivity contribution in [3.05, 3.63) is 22.6 Å². The van der Waals surface area contributed by atoms with Crippen LogP contribution in [0, 0.1) is 6.92 Å². The van der Waals surface area contributed by atoms with Crippen LogP contribution in [-0.4, -0.2) is 17.1 Å². The minimum Gasteiger partial charge on any atom is -0.367 e. The molecule has 1 aliphatic carbocycles. The lowest BCUT2D eigenvalue weighted by Crippen LogP contribution is -2.34. The van der Waals surface area contributed by atoms with Gasteiger partial charge in [-0.05, 0) is 36.8 Å². The Kier molecular flexibility index (Phi) is 4.47. The van der Waals surface area contributed by atoms with Gasteiger partial charge in [0.15, 0.2) is 0 Å². The van der Waals surface area contributed by atoms with Gasteiger partial charge in [-0.25, -0.2) is 0 Å². The number of anilines is 1. The van der Waals surface area contributed by atoms with Gasteiger partial charge < -0.3 is 15.6 Å². The number of aromatic nitrogens is 1. The maximum atomic E-state index is 12.6. The number of carbonyl (C=O) groups is 1. The Labute approximate surface area is 133 Å². The summed E-state index contributed by atoms with van der Waals surface area (Å²) < 4.78 is 5.08. The molecule has 2 heterocycles. The number of aryl methyl sites for hydroxylation is 1. The summed E-state index contributed by atoms with van der Waals surface area (Å²) in [4.78, 5) is 13.6. The molecular formula is C16H21N3O2S. The first-order valence-corrected chi connectivity index (χ1v) is 8.65. The standard InChI is InChI=1S/C16H21N3O2S/c1-10-8-9-22-14(10)13-12(15(17)21-19-13)16(20)18-11-6-4-2-3-5-7-11/h8-9,11H,2-7,17H2,1H3,(H,18,20). The maximum absolute atomic E-state index is 12.6. The lowest BCUT2D eigenvalue weighted by atomic mass is 10.1. The second-order valence-electron chi connectivity index (χ2n) is 5.87. The smallest absolute Gasteiger partial charge is 0.259 e. The first-order chi connectivity index (χ1) is 10.7. The normalized spacial score (nSPS) is 16.4. The van der Waals surface area contributed by atoms with E-state index in [-0.39, 0.29) is 17.8 Å². The van der Waals surface area contributed by atoms with Gasteiger partial charge >= 0.3 is 0 Å². The minimum absolute atomic E-state index is 0.0916. The Morgan fingerprint density at radius 3 is 2.73 bits per heavy atom. The molecule has 0 atom stereocenters. The highest BCUT2D eigenvalue weighted by atomic mass is 32.1. The average molecular weight is 319 g/mol. The summed E-state index contributed by atoms with van der Waals surface area (Å²) in [6.07, 6.45) is 6.90. The number of nitrogen functional groups attached to an aromatic ring is 1. The second kappa shape index (κ2) is 6.52. The zero-order valence-corrected chi connectivity index (χ0v) is 13.5. The number of nitrogens with two attached hydrogens (primary N) is 1. The highest BCUT2D eigenvalue weighted by Gasteiger charge is 2.26. The van der Waals surface area contributed by atoms with Crippen molar-refractivity contribution in [1.29, 1.82) is 0 Å². The molecule has 5 nitrogen and oxygen atoms in total. The molecule has 0 spiro atoms. The van der Waals surface area contributed by atoms with Crippen molar-refractivity contribution in [1.82, 2.24) is 10.5 Å². The van der Waals surface area contributed by atoms with Crippen LogP contribution in [0.25, 0.3) is 10.6 Å². The molecule has 0 unspecified atom stereocenters. The van der Waals surface area contributed by atoms with Crippen molar-refractivity contribution >= 4 is 23.1 Å². The molecule has 0 aliphatic heterocycles. The van der Waals surface area contributed by atoms with Crippen LogP contribution in [0.3, 0.4) is 0 Å². The third-order valence-electron chi connectivity index (χ3n) is 4.21. The molecule has 22 heavy (non-hydrogen) atoms. The Balaban J connectivity index is 1.83. The fourth-order valence-corrected chi connectivity index (χ4v) is 3.89. The molecule has 0 aromatic carbocycles. The summed E-state index contributed by atoms with van der Waals surface area (Å²) in [5.74, 6) is -0.0811. The summed E-state index contributed by atoms with van der Waals surface area (Å²) in [6, 6.07) is 2.22. The van der Waals surface area contributed by atoms with Crippen molar-refractivity contribution in [2.45, 2.75) is 51.5 Å². The molecular weight excluding hydrogens is 298 g/mol. The lowest BCUT2D eigenvalue weighted by Gasteiger charge is -2.16. The molecule has 1 fully saturated rings. The van der Waals surface area contributed by atoms with Gasteiger partial charge in [0, 0.05) is 6.04 Å². The number of rotatable bonds is 3. The molecule has 2 aromatic rings. The van der Waals surface area contributed by atoms with Crippen LogP contribution in [0.2, 0.25) is 0 Å². The van der Waals surface area contributed by atoms with Crippen molar-refractivity contribution in [2.75, 3.05) is 5.73 Å². The molecule has 6 heteroatoms. The number of carbonyl (C=O) groups excluding carboxylic acids is 1. The van der Waals surface area contributed by atoms with Gasteiger partial charge in [-0.2, -0.15) is 0 Å². The van der Waals surface area contributed by atoms with Gasteiger partial charge in [0.1, 0.15) is 11.3 Å². The van der Waals surface area contributed by atoms with Gasteiger partial charge in [0.05, 0.1) is 4.88 Å². The predicted molar refractivity (Wildman–Crippen MR) is 87.9 cm³/mol. The summed E-state index contributed by atoms with van der Waals surface area (Å²) in [5, 5.41) is 9.09. The van der Waals surface area contributed by atoms with Gasteiger partial charge in [-0.1, -0.05) is 30.8 Å². The number of amides is 1. The highest BCUT2D eigenvalue weighted by molar-refractivity contribution is 7.13. The molecule has 0 saturated heterocycles. The average Bonchev–Trinajstić information content (AvgIpc) is 2.97. The molecule has 1 amide bonds. The number of hydrogen-bond acceptors (Lipinski definition) is 5. The first kappa shape index (κ1) is 15.1. The van der Waals surface area contributed by atoms with Crippen LogP contribution in [0.15, 0.2) is 16.0 Å².